The molecular weight excluding hydrogens is 237 g/mol. The van der Waals surface area contributed by atoms with Gasteiger partial charge in [0.2, 0.25) is 0 Å². The van der Waals surface area contributed by atoms with Crippen LogP contribution in [0.5, 0.6) is 0 Å². The molecule has 0 aliphatic heterocycles. The molecule has 0 aliphatic carbocycles. The van der Waals surface area contributed by atoms with Crippen LogP contribution in [0.25, 0.3) is 11.1 Å². The van der Waals surface area contributed by atoms with E-state index in [1.165, 1.54) is 12.1 Å². The number of methoxy groups -OCH3 is 1. The van der Waals surface area contributed by atoms with Crippen molar-refractivity contribution in [1.29, 1.82) is 0 Å². The zero-order valence-electron chi connectivity index (χ0n) is 11.2. The van der Waals surface area contributed by atoms with Crippen LogP contribution < -0.4 is 0 Å². The van der Waals surface area contributed by atoms with Gasteiger partial charge in [-0.05, 0) is 6.42 Å². The predicted molar refractivity (Wildman–Crippen MR) is 69.4 cm³/mol. The third-order valence-corrected chi connectivity index (χ3v) is 1.83. The zero-order chi connectivity index (χ0) is 14.0. The number of aromatic amines is 1. The number of hydrogen-bond donors (Lipinski definition) is 1. The Morgan fingerprint density at radius 1 is 1.44 bits per heavy atom. The van der Waals surface area contributed by atoms with Crippen molar-refractivity contribution in [3.63, 3.8) is 0 Å². The summed E-state index contributed by atoms with van der Waals surface area (Å²) in [5.74, 6) is 0. The summed E-state index contributed by atoms with van der Waals surface area (Å²) in [7, 11) is 1.71. The average Bonchev–Trinajstić information content (AvgIpc) is 2.90. The van der Waals surface area contributed by atoms with E-state index in [2.05, 4.69) is 16.3 Å². The summed E-state index contributed by atoms with van der Waals surface area (Å²) in [4.78, 5) is 12.9. The van der Waals surface area contributed by atoms with E-state index in [1.807, 2.05) is 13.8 Å². The number of ether oxygens (including phenoxy) is 1. The topological polar surface area (TPSA) is 55.2 Å². The smallest absolute Gasteiger partial charge is 0.280 e. The Morgan fingerprint density at radius 3 is 2.50 bits per heavy atom. The number of carbonyl (C=O) groups excluding carboxylic acids is 1. The monoisotopic (exact) mass is 257 g/mol. The fraction of sp³-hybridized carbons (Fsp3) is 0.462. The third kappa shape index (κ3) is 5.14. The van der Waals surface area contributed by atoms with E-state index in [1.54, 1.807) is 7.11 Å². The van der Waals surface area contributed by atoms with E-state index in [4.69, 9.17) is 4.74 Å². The van der Waals surface area contributed by atoms with Crippen LogP contribution >= 0.6 is 0 Å². The van der Waals surface area contributed by atoms with Gasteiger partial charge in [0.1, 0.15) is 0 Å². The predicted octanol–water partition coefficient (Wildman–Crippen LogP) is 3.78. The van der Waals surface area contributed by atoms with Crippen molar-refractivity contribution in [2.45, 2.75) is 27.2 Å². The Morgan fingerprint density at radius 2 is 2.11 bits per heavy atom. The van der Waals surface area contributed by atoms with Gasteiger partial charge in [0.25, 0.3) is 6.01 Å². The normalized spacial score (nSPS) is 9.17. The molecule has 4 nitrogen and oxygen atoms in total. The van der Waals surface area contributed by atoms with Crippen molar-refractivity contribution in [2.24, 2.45) is 0 Å². The van der Waals surface area contributed by atoms with Gasteiger partial charge in [-0.2, -0.15) is 4.39 Å². The van der Waals surface area contributed by atoms with Crippen LogP contribution in [0.3, 0.4) is 0 Å². The van der Waals surface area contributed by atoms with Crippen LogP contribution in [0, 0.1) is 6.01 Å². The second kappa shape index (κ2) is 9.41. The Kier molecular flexibility index (Phi) is 8.57. The molecule has 0 saturated carbocycles. The highest BCUT2D eigenvalue weighted by Crippen LogP contribution is 2.17. The summed E-state index contributed by atoms with van der Waals surface area (Å²) in [6.45, 7) is 6.98. The number of nitrogens with one attached hydrogen (secondary N) is 1. The number of rotatable bonds is 3. The summed E-state index contributed by atoms with van der Waals surface area (Å²) in [6.07, 6.45) is 1.77. The van der Waals surface area contributed by atoms with Gasteiger partial charge in [-0.1, -0.05) is 20.8 Å². The Hall–Kier alpha value is -1.62. The number of carbonyl (C=O) groups is 1. The van der Waals surface area contributed by atoms with Gasteiger partial charge in [0, 0.05) is 25.8 Å². The van der Waals surface area contributed by atoms with Crippen molar-refractivity contribution < 1.29 is 18.3 Å². The molecular formula is C13H20FNO3. The number of H-pyrrole nitrogens is 1. The van der Waals surface area contributed by atoms with E-state index < -0.39 is 6.01 Å². The molecule has 0 aromatic carbocycles. The van der Waals surface area contributed by atoms with Gasteiger partial charge in [0.15, 0.2) is 11.9 Å². The molecule has 102 valence electrons. The lowest BCUT2D eigenvalue weighted by Gasteiger charge is -1.84. The maximum atomic E-state index is 12.3. The molecule has 0 atom stereocenters. The Bertz CT molecular complexity index is 414. The SMILES string of the molecule is CC.CCCOC.O=Cc1cc2oc(F)cc2[nH]1. The molecule has 2 rings (SSSR count). The van der Waals surface area contributed by atoms with Gasteiger partial charge in [-0.15, -0.1) is 0 Å². The van der Waals surface area contributed by atoms with Gasteiger partial charge in [0.05, 0.1) is 11.2 Å². The fourth-order valence-electron chi connectivity index (χ4n) is 1.18. The molecule has 0 amide bonds. The van der Waals surface area contributed by atoms with Crippen LogP contribution in [-0.4, -0.2) is 25.0 Å². The molecule has 5 heteroatoms. The molecule has 0 aliphatic rings. The highest BCUT2D eigenvalue weighted by molar-refractivity contribution is 5.84. The van der Waals surface area contributed by atoms with E-state index in [0.717, 1.165) is 13.0 Å². The van der Waals surface area contributed by atoms with Crippen LogP contribution in [0.2, 0.25) is 0 Å². The van der Waals surface area contributed by atoms with Crippen molar-refractivity contribution in [1.82, 2.24) is 4.98 Å². The molecule has 0 saturated heterocycles. The molecule has 1 N–H and O–H groups in total. The highest BCUT2D eigenvalue weighted by Gasteiger charge is 2.05. The number of aldehydes is 1. The third-order valence-electron chi connectivity index (χ3n) is 1.83. The zero-order valence-corrected chi connectivity index (χ0v) is 11.2. The lowest BCUT2D eigenvalue weighted by Crippen LogP contribution is -1.80. The minimum Gasteiger partial charge on any atom is -0.429 e. The van der Waals surface area contributed by atoms with Crippen molar-refractivity contribution in [3.05, 3.63) is 23.8 Å². The first kappa shape index (κ1) is 16.4. The molecule has 2 aromatic rings. The molecule has 2 aromatic heterocycles. The lowest BCUT2D eigenvalue weighted by molar-refractivity contribution is 0.111. The first-order chi connectivity index (χ1) is 8.71. The standard InChI is InChI=1S/C7H4FNO2.C4H10O.C2H6/c8-7-2-5-6(11-7)1-4(3-10)9-5;1-3-4-5-2;1-2/h1-3,9H;3-4H2,1-2H3;1-2H3. The maximum Gasteiger partial charge on any atom is 0.280 e. The quantitative estimate of drug-likeness (QED) is 0.851. The lowest BCUT2D eigenvalue weighted by atomic mass is 10.4. The van der Waals surface area contributed by atoms with E-state index in [-0.39, 0.29) is 0 Å². The summed E-state index contributed by atoms with van der Waals surface area (Å²) < 4.78 is 21.6. The van der Waals surface area contributed by atoms with Gasteiger partial charge in [-0.3, -0.25) is 4.79 Å². The summed E-state index contributed by atoms with van der Waals surface area (Å²) in [5.41, 5.74) is 1.26. The highest BCUT2D eigenvalue weighted by atomic mass is 19.1. The number of halogens is 1. The number of fused-ring (bicyclic) bond motifs is 1. The Labute approximate surface area is 106 Å². The molecule has 0 unspecified atom stereocenters. The second-order valence-electron chi connectivity index (χ2n) is 3.16. The molecule has 18 heavy (non-hydrogen) atoms. The number of furan rings is 1. The van der Waals surface area contributed by atoms with Crippen molar-refractivity contribution in [2.75, 3.05) is 13.7 Å². The largest absolute Gasteiger partial charge is 0.429 e. The van der Waals surface area contributed by atoms with Crippen LogP contribution in [0.1, 0.15) is 37.7 Å². The first-order valence-electron chi connectivity index (χ1n) is 5.93. The van der Waals surface area contributed by atoms with Gasteiger partial charge in [-0.25, -0.2) is 0 Å². The number of aromatic nitrogens is 1. The van der Waals surface area contributed by atoms with E-state index >= 15 is 0 Å². The van der Waals surface area contributed by atoms with Crippen LogP contribution in [-0.2, 0) is 4.74 Å². The Balaban J connectivity index is 0.000000354. The summed E-state index contributed by atoms with van der Waals surface area (Å²) in [5, 5.41) is 0. The molecule has 0 fully saturated rings. The van der Waals surface area contributed by atoms with Gasteiger partial charge >= 0.3 is 0 Å². The average molecular weight is 257 g/mol. The summed E-state index contributed by atoms with van der Waals surface area (Å²) >= 11 is 0. The molecule has 0 spiro atoms. The van der Waals surface area contributed by atoms with Gasteiger partial charge < -0.3 is 14.1 Å². The summed E-state index contributed by atoms with van der Waals surface area (Å²) in [6, 6.07) is 2.00. The van der Waals surface area contributed by atoms with Crippen LogP contribution in [0.15, 0.2) is 16.5 Å². The van der Waals surface area contributed by atoms with E-state index in [9.17, 15) is 9.18 Å². The minimum absolute atomic E-state index is 0.365. The first-order valence-corrected chi connectivity index (χ1v) is 5.93. The van der Waals surface area contributed by atoms with Crippen molar-refractivity contribution >= 4 is 17.4 Å². The second-order valence-corrected chi connectivity index (χ2v) is 3.16. The van der Waals surface area contributed by atoms with E-state index in [0.29, 0.717) is 23.1 Å². The minimum atomic E-state index is -0.649. The molecule has 2 heterocycles. The maximum absolute atomic E-state index is 12.3. The molecule has 0 bridgehead atoms. The fourth-order valence-corrected chi connectivity index (χ4v) is 1.18. The van der Waals surface area contributed by atoms with Crippen molar-refractivity contribution in [3.8, 4) is 0 Å². The number of hydrogen-bond acceptors (Lipinski definition) is 3. The molecule has 0 radical (unpaired) electrons. The van der Waals surface area contributed by atoms with Crippen LogP contribution in [0.4, 0.5) is 4.39 Å².